The number of aliphatic carboxylic acids is 1. The Kier molecular flexibility index (Phi) is 3.78. The van der Waals surface area contributed by atoms with Gasteiger partial charge in [0.05, 0.1) is 11.2 Å². The van der Waals surface area contributed by atoms with Crippen LogP contribution in [0.25, 0.3) is 22.8 Å². The van der Waals surface area contributed by atoms with E-state index in [1.165, 1.54) is 0 Å². The van der Waals surface area contributed by atoms with Gasteiger partial charge < -0.3 is 9.67 Å². The van der Waals surface area contributed by atoms with E-state index >= 15 is 0 Å². The standard InChI is InChI=1S/C18H19N3O2/c1-4-13(18(22)23)11-15-12(2)19-20(3)17(15)21-10-9-14-7-5-6-8-16(14)21/h5-11H,4H2,1-3H3,(H,22,23). The van der Waals surface area contributed by atoms with Gasteiger partial charge in [-0.15, -0.1) is 0 Å². The lowest BCUT2D eigenvalue weighted by molar-refractivity contribution is -0.132. The number of aryl methyl sites for hydroxylation is 2. The second kappa shape index (κ2) is 5.76. The Morgan fingerprint density at radius 3 is 2.74 bits per heavy atom. The molecule has 5 heteroatoms. The summed E-state index contributed by atoms with van der Waals surface area (Å²) in [4.78, 5) is 11.4. The van der Waals surface area contributed by atoms with Crippen molar-refractivity contribution in [1.82, 2.24) is 14.3 Å². The summed E-state index contributed by atoms with van der Waals surface area (Å²) >= 11 is 0. The van der Waals surface area contributed by atoms with E-state index in [4.69, 9.17) is 0 Å². The summed E-state index contributed by atoms with van der Waals surface area (Å²) in [5.41, 5.74) is 3.10. The van der Waals surface area contributed by atoms with Gasteiger partial charge in [0, 0.05) is 24.4 Å². The number of aromatic nitrogens is 3. The number of nitrogens with zero attached hydrogens (tertiary/aromatic N) is 3. The minimum absolute atomic E-state index is 0.374. The van der Waals surface area contributed by atoms with Gasteiger partial charge in [-0.3, -0.25) is 4.68 Å². The van der Waals surface area contributed by atoms with Crippen molar-refractivity contribution in [3.63, 3.8) is 0 Å². The fraction of sp³-hybridized carbons (Fsp3) is 0.222. The SMILES string of the molecule is CCC(=Cc1c(C)nn(C)c1-n1ccc2ccccc21)C(=O)O. The van der Waals surface area contributed by atoms with Crippen LogP contribution in [0.3, 0.4) is 0 Å². The minimum Gasteiger partial charge on any atom is -0.478 e. The Hall–Kier alpha value is -2.82. The first kappa shape index (κ1) is 15.1. The van der Waals surface area contributed by atoms with Crippen LogP contribution >= 0.6 is 0 Å². The molecule has 1 N–H and O–H groups in total. The highest BCUT2D eigenvalue weighted by Gasteiger charge is 2.17. The Balaban J connectivity index is 2.27. The Morgan fingerprint density at radius 1 is 1.30 bits per heavy atom. The minimum atomic E-state index is -0.890. The third-order valence-electron chi connectivity index (χ3n) is 4.04. The van der Waals surface area contributed by atoms with Crippen LogP contribution in [0.4, 0.5) is 0 Å². The quantitative estimate of drug-likeness (QED) is 0.750. The van der Waals surface area contributed by atoms with Crippen LogP contribution < -0.4 is 0 Å². The third-order valence-corrected chi connectivity index (χ3v) is 4.04. The first-order chi connectivity index (χ1) is 11.0. The summed E-state index contributed by atoms with van der Waals surface area (Å²) in [6.45, 7) is 3.74. The highest BCUT2D eigenvalue weighted by Crippen LogP contribution is 2.26. The normalized spacial score (nSPS) is 12.0. The van der Waals surface area contributed by atoms with Crippen molar-refractivity contribution in [1.29, 1.82) is 0 Å². The lowest BCUT2D eigenvalue weighted by atomic mass is 10.1. The van der Waals surface area contributed by atoms with Crippen molar-refractivity contribution in [2.45, 2.75) is 20.3 Å². The predicted molar refractivity (Wildman–Crippen MR) is 90.7 cm³/mol. The topological polar surface area (TPSA) is 60.0 Å². The molecule has 0 unspecified atom stereocenters. The molecule has 118 valence electrons. The molecule has 0 aliphatic carbocycles. The van der Waals surface area contributed by atoms with Crippen molar-refractivity contribution in [3.8, 4) is 5.82 Å². The van der Waals surface area contributed by atoms with Crippen LogP contribution in [-0.4, -0.2) is 25.4 Å². The molecule has 0 bridgehead atoms. The number of carboxylic acid groups (broad SMARTS) is 1. The van der Waals surface area contributed by atoms with Gasteiger partial charge in [-0.25, -0.2) is 4.79 Å². The Labute approximate surface area is 134 Å². The zero-order valence-corrected chi connectivity index (χ0v) is 13.4. The molecule has 0 aliphatic heterocycles. The summed E-state index contributed by atoms with van der Waals surface area (Å²) in [6, 6.07) is 10.1. The molecule has 1 aromatic carbocycles. The van der Waals surface area contributed by atoms with Gasteiger partial charge in [-0.1, -0.05) is 25.1 Å². The molecule has 3 rings (SSSR count). The zero-order chi connectivity index (χ0) is 16.6. The average Bonchev–Trinajstić information content (AvgIpc) is 3.05. The van der Waals surface area contributed by atoms with E-state index in [1.54, 1.807) is 10.8 Å². The number of fused-ring (bicyclic) bond motifs is 1. The van der Waals surface area contributed by atoms with Crippen molar-refractivity contribution in [2.75, 3.05) is 0 Å². The largest absolute Gasteiger partial charge is 0.478 e. The van der Waals surface area contributed by atoms with E-state index < -0.39 is 5.97 Å². The van der Waals surface area contributed by atoms with Crippen LogP contribution in [-0.2, 0) is 11.8 Å². The molecule has 0 atom stereocenters. The monoisotopic (exact) mass is 309 g/mol. The maximum atomic E-state index is 11.4. The van der Waals surface area contributed by atoms with Crippen LogP contribution in [0, 0.1) is 6.92 Å². The Morgan fingerprint density at radius 2 is 2.04 bits per heavy atom. The fourth-order valence-electron chi connectivity index (χ4n) is 2.87. The van der Waals surface area contributed by atoms with Crippen molar-refractivity contribution >= 4 is 22.9 Å². The van der Waals surface area contributed by atoms with Crippen LogP contribution in [0.5, 0.6) is 0 Å². The predicted octanol–water partition coefficient (Wildman–Crippen LogP) is 3.55. The highest BCUT2D eigenvalue weighted by molar-refractivity contribution is 5.93. The number of rotatable bonds is 4. The number of benzene rings is 1. The first-order valence-corrected chi connectivity index (χ1v) is 7.56. The van der Waals surface area contributed by atoms with E-state index in [1.807, 2.05) is 51.4 Å². The van der Waals surface area contributed by atoms with E-state index in [9.17, 15) is 9.90 Å². The first-order valence-electron chi connectivity index (χ1n) is 7.56. The summed E-state index contributed by atoms with van der Waals surface area (Å²) in [5, 5.41) is 14.9. The van der Waals surface area contributed by atoms with E-state index in [0.29, 0.717) is 12.0 Å². The number of para-hydroxylation sites is 1. The summed E-state index contributed by atoms with van der Waals surface area (Å²) in [7, 11) is 1.88. The zero-order valence-electron chi connectivity index (χ0n) is 13.4. The molecule has 23 heavy (non-hydrogen) atoms. The number of carboxylic acids is 1. The van der Waals surface area contributed by atoms with Gasteiger partial charge >= 0.3 is 5.97 Å². The van der Waals surface area contributed by atoms with Gasteiger partial charge in [0.1, 0.15) is 5.82 Å². The molecule has 0 radical (unpaired) electrons. The molecule has 0 saturated carbocycles. The Bertz CT molecular complexity index is 916. The van der Waals surface area contributed by atoms with E-state index in [-0.39, 0.29) is 0 Å². The van der Waals surface area contributed by atoms with Crippen molar-refractivity contribution < 1.29 is 9.90 Å². The van der Waals surface area contributed by atoms with E-state index in [2.05, 4.69) is 15.7 Å². The number of carbonyl (C=O) groups is 1. The second-order valence-electron chi connectivity index (χ2n) is 5.52. The fourth-order valence-corrected chi connectivity index (χ4v) is 2.87. The van der Waals surface area contributed by atoms with Gasteiger partial charge in [0.15, 0.2) is 0 Å². The van der Waals surface area contributed by atoms with Crippen molar-refractivity contribution in [3.05, 3.63) is 53.4 Å². The lowest BCUT2D eigenvalue weighted by Crippen LogP contribution is -2.04. The number of hydrogen-bond acceptors (Lipinski definition) is 2. The molecule has 0 saturated heterocycles. The molecule has 0 aliphatic rings. The van der Waals surface area contributed by atoms with Crippen LogP contribution in [0.1, 0.15) is 24.6 Å². The molecule has 2 aromatic heterocycles. The third kappa shape index (κ3) is 2.54. The summed E-state index contributed by atoms with van der Waals surface area (Å²) < 4.78 is 3.85. The van der Waals surface area contributed by atoms with Gasteiger partial charge in [0.2, 0.25) is 0 Å². The summed E-state index contributed by atoms with van der Waals surface area (Å²) in [5.74, 6) is -0.0185. The second-order valence-corrected chi connectivity index (χ2v) is 5.52. The molecule has 3 aromatic rings. The maximum absolute atomic E-state index is 11.4. The molecule has 0 amide bonds. The van der Waals surface area contributed by atoms with Crippen molar-refractivity contribution in [2.24, 2.45) is 7.05 Å². The van der Waals surface area contributed by atoms with Crippen LogP contribution in [0.15, 0.2) is 42.1 Å². The lowest BCUT2D eigenvalue weighted by Gasteiger charge is -2.08. The van der Waals surface area contributed by atoms with Gasteiger partial charge in [-0.2, -0.15) is 5.10 Å². The molecular formula is C18H19N3O2. The van der Waals surface area contributed by atoms with Crippen LogP contribution in [0.2, 0.25) is 0 Å². The summed E-state index contributed by atoms with van der Waals surface area (Å²) in [6.07, 6.45) is 4.19. The van der Waals surface area contributed by atoms with Gasteiger partial charge in [-0.05, 0) is 36.9 Å². The average molecular weight is 309 g/mol. The molecule has 0 spiro atoms. The molecule has 0 fully saturated rings. The maximum Gasteiger partial charge on any atom is 0.331 e. The van der Waals surface area contributed by atoms with Gasteiger partial charge in [0.25, 0.3) is 0 Å². The smallest absolute Gasteiger partial charge is 0.331 e. The highest BCUT2D eigenvalue weighted by atomic mass is 16.4. The number of hydrogen-bond donors (Lipinski definition) is 1. The molecular weight excluding hydrogens is 290 g/mol. The van der Waals surface area contributed by atoms with E-state index in [0.717, 1.165) is 28.0 Å². The molecule has 5 nitrogen and oxygen atoms in total. The molecule has 2 heterocycles.